The average molecular weight is 314 g/mol. The first-order valence-corrected chi connectivity index (χ1v) is 7.76. The van der Waals surface area contributed by atoms with Crippen LogP contribution in [-0.4, -0.2) is 34.4 Å². The number of methoxy groups -OCH3 is 1. The highest BCUT2D eigenvalue weighted by Crippen LogP contribution is 2.34. The van der Waals surface area contributed by atoms with Crippen LogP contribution >= 0.6 is 0 Å². The molecule has 1 aliphatic rings. The van der Waals surface area contributed by atoms with Crippen LogP contribution in [0.4, 0.5) is 4.79 Å². The fourth-order valence-corrected chi connectivity index (χ4v) is 2.92. The minimum absolute atomic E-state index is 0.0349. The van der Waals surface area contributed by atoms with Gasteiger partial charge in [-0.3, -0.25) is 4.68 Å². The summed E-state index contributed by atoms with van der Waals surface area (Å²) in [5.41, 5.74) is 3.10. The average Bonchev–Trinajstić information content (AvgIpc) is 2.82. The summed E-state index contributed by atoms with van der Waals surface area (Å²) in [5.74, 6) is 0.820. The highest BCUT2D eigenvalue weighted by Gasteiger charge is 2.33. The third-order valence-electron chi connectivity index (χ3n) is 4.30. The van der Waals surface area contributed by atoms with E-state index in [0.717, 1.165) is 35.5 Å². The Kier molecular flexibility index (Phi) is 4.23. The predicted octanol–water partition coefficient (Wildman–Crippen LogP) is 2.39. The van der Waals surface area contributed by atoms with Crippen LogP contribution in [0.5, 0.6) is 5.75 Å². The number of aryl methyl sites for hydroxylation is 2. The van der Waals surface area contributed by atoms with E-state index in [1.807, 2.05) is 49.3 Å². The van der Waals surface area contributed by atoms with Gasteiger partial charge in [-0.25, -0.2) is 4.79 Å². The molecule has 23 heavy (non-hydrogen) atoms. The van der Waals surface area contributed by atoms with Crippen LogP contribution in [0.15, 0.2) is 30.5 Å². The van der Waals surface area contributed by atoms with Gasteiger partial charge in [0.15, 0.2) is 0 Å². The van der Waals surface area contributed by atoms with Gasteiger partial charge in [0, 0.05) is 31.9 Å². The number of aromatic nitrogens is 2. The normalized spacial score (nSPS) is 16.8. The van der Waals surface area contributed by atoms with Gasteiger partial charge in [-0.2, -0.15) is 5.10 Å². The molecule has 1 atom stereocenters. The van der Waals surface area contributed by atoms with Crippen molar-refractivity contribution in [2.24, 2.45) is 7.05 Å². The molecule has 1 saturated heterocycles. The summed E-state index contributed by atoms with van der Waals surface area (Å²) in [6, 6.07) is 8.00. The van der Waals surface area contributed by atoms with Crippen LogP contribution in [-0.2, 0) is 13.6 Å². The van der Waals surface area contributed by atoms with Gasteiger partial charge in [0.2, 0.25) is 0 Å². The highest BCUT2D eigenvalue weighted by atomic mass is 16.5. The molecule has 0 unspecified atom stereocenters. The van der Waals surface area contributed by atoms with E-state index in [1.165, 1.54) is 0 Å². The fourth-order valence-electron chi connectivity index (χ4n) is 2.92. The van der Waals surface area contributed by atoms with E-state index in [9.17, 15) is 4.79 Å². The van der Waals surface area contributed by atoms with Crippen molar-refractivity contribution in [1.29, 1.82) is 0 Å². The quantitative estimate of drug-likeness (QED) is 0.942. The molecule has 0 spiro atoms. The zero-order valence-electron chi connectivity index (χ0n) is 13.7. The summed E-state index contributed by atoms with van der Waals surface area (Å²) < 4.78 is 7.03. The molecule has 122 valence electrons. The van der Waals surface area contributed by atoms with Crippen molar-refractivity contribution in [1.82, 2.24) is 20.0 Å². The maximum absolute atomic E-state index is 12.4. The van der Waals surface area contributed by atoms with Crippen molar-refractivity contribution < 1.29 is 9.53 Å². The summed E-state index contributed by atoms with van der Waals surface area (Å²) in [6.07, 6.45) is 2.91. The topological polar surface area (TPSA) is 59.4 Å². The lowest BCUT2D eigenvalue weighted by atomic mass is 9.95. The molecule has 1 fully saturated rings. The van der Waals surface area contributed by atoms with Crippen LogP contribution in [0.1, 0.15) is 29.3 Å². The van der Waals surface area contributed by atoms with Crippen LogP contribution in [0.2, 0.25) is 0 Å². The first kappa shape index (κ1) is 15.4. The van der Waals surface area contributed by atoms with Gasteiger partial charge in [-0.15, -0.1) is 0 Å². The van der Waals surface area contributed by atoms with E-state index in [0.29, 0.717) is 6.54 Å². The molecule has 1 aromatic heterocycles. The molecule has 0 saturated carbocycles. The van der Waals surface area contributed by atoms with E-state index in [2.05, 4.69) is 10.4 Å². The molecule has 6 heteroatoms. The molecule has 1 aliphatic heterocycles. The number of nitrogens with zero attached hydrogens (tertiary/aromatic N) is 3. The molecule has 1 aromatic carbocycles. The summed E-state index contributed by atoms with van der Waals surface area (Å²) >= 11 is 0. The van der Waals surface area contributed by atoms with Crippen molar-refractivity contribution in [3.8, 4) is 5.75 Å². The van der Waals surface area contributed by atoms with E-state index < -0.39 is 0 Å². The van der Waals surface area contributed by atoms with Crippen molar-refractivity contribution in [3.05, 3.63) is 47.3 Å². The summed E-state index contributed by atoms with van der Waals surface area (Å²) in [7, 11) is 3.53. The SMILES string of the molecule is COc1cccc([C@@H]2CCN2C(=O)NCc2cn(C)nc2C)c1. The lowest BCUT2D eigenvalue weighted by molar-refractivity contribution is 0.115. The van der Waals surface area contributed by atoms with Gasteiger partial charge in [-0.05, 0) is 31.0 Å². The van der Waals surface area contributed by atoms with Crippen LogP contribution in [0, 0.1) is 6.92 Å². The Balaban J connectivity index is 1.62. The second kappa shape index (κ2) is 6.32. The summed E-state index contributed by atoms with van der Waals surface area (Å²) in [6.45, 7) is 3.23. The van der Waals surface area contributed by atoms with E-state index in [1.54, 1.807) is 11.8 Å². The fraction of sp³-hybridized carbons (Fsp3) is 0.412. The second-order valence-electron chi connectivity index (χ2n) is 5.85. The monoisotopic (exact) mass is 314 g/mol. The number of rotatable bonds is 4. The van der Waals surface area contributed by atoms with Crippen molar-refractivity contribution in [2.45, 2.75) is 25.9 Å². The molecular formula is C17H22N4O2. The summed E-state index contributed by atoms with van der Waals surface area (Å²) in [5, 5.41) is 7.27. The summed E-state index contributed by atoms with van der Waals surface area (Å²) in [4.78, 5) is 14.3. The number of hydrogen-bond acceptors (Lipinski definition) is 3. The zero-order chi connectivity index (χ0) is 16.4. The number of benzene rings is 1. The van der Waals surface area contributed by atoms with E-state index in [-0.39, 0.29) is 12.1 Å². The predicted molar refractivity (Wildman–Crippen MR) is 87.2 cm³/mol. The Morgan fingerprint density at radius 3 is 2.91 bits per heavy atom. The van der Waals surface area contributed by atoms with Gasteiger partial charge in [-0.1, -0.05) is 12.1 Å². The lowest BCUT2D eigenvalue weighted by Crippen LogP contribution is -2.49. The van der Waals surface area contributed by atoms with Gasteiger partial charge in [0.25, 0.3) is 0 Å². The van der Waals surface area contributed by atoms with Crippen molar-refractivity contribution >= 4 is 6.03 Å². The number of carbonyl (C=O) groups excluding carboxylic acids is 1. The Bertz CT molecular complexity index is 710. The molecule has 6 nitrogen and oxygen atoms in total. The van der Waals surface area contributed by atoms with Gasteiger partial charge in [0.1, 0.15) is 5.75 Å². The molecule has 2 amide bonds. The van der Waals surface area contributed by atoms with Gasteiger partial charge < -0.3 is 15.0 Å². The smallest absolute Gasteiger partial charge is 0.318 e. The van der Waals surface area contributed by atoms with E-state index >= 15 is 0 Å². The lowest BCUT2D eigenvalue weighted by Gasteiger charge is -2.41. The maximum Gasteiger partial charge on any atom is 0.318 e. The van der Waals surface area contributed by atoms with Crippen LogP contribution < -0.4 is 10.1 Å². The molecule has 0 aliphatic carbocycles. The Hall–Kier alpha value is -2.50. The molecule has 1 N–H and O–H groups in total. The number of carbonyl (C=O) groups is 1. The minimum atomic E-state index is -0.0349. The molecular weight excluding hydrogens is 292 g/mol. The third kappa shape index (κ3) is 3.16. The third-order valence-corrected chi connectivity index (χ3v) is 4.30. The molecule has 2 aromatic rings. The van der Waals surface area contributed by atoms with Crippen LogP contribution in [0.25, 0.3) is 0 Å². The van der Waals surface area contributed by atoms with Crippen molar-refractivity contribution in [2.75, 3.05) is 13.7 Å². The van der Waals surface area contributed by atoms with Gasteiger partial charge >= 0.3 is 6.03 Å². The number of urea groups is 1. The molecule has 0 radical (unpaired) electrons. The first-order chi connectivity index (χ1) is 11.1. The first-order valence-electron chi connectivity index (χ1n) is 7.76. The van der Waals surface area contributed by atoms with Crippen LogP contribution in [0.3, 0.4) is 0 Å². The maximum atomic E-state index is 12.4. The number of ether oxygens (including phenoxy) is 1. The number of amides is 2. The highest BCUT2D eigenvalue weighted by molar-refractivity contribution is 5.75. The number of likely N-dealkylation sites (tertiary alicyclic amines) is 1. The zero-order valence-corrected chi connectivity index (χ0v) is 13.7. The molecule has 3 rings (SSSR count). The standard InChI is InChI=1S/C17H22N4O2/c1-12-14(11-20(2)19-12)10-18-17(22)21-8-7-16(21)13-5-4-6-15(9-13)23-3/h4-6,9,11,16H,7-8,10H2,1-3H3,(H,18,22)/t16-/m0/s1. The number of hydrogen-bond donors (Lipinski definition) is 1. The van der Waals surface area contributed by atoms with Crippen molar-refractivity contribution in [3.63, 3.8) is 0 Å². The minimum Gasteiger partial charge on any atom is -0.497 e. The molecule has 2 heterocycles. The molecule has 0 bridgehead atoms. The largest absolute Gasteiger partial charge is 0.497 e. The number of nitrogens with one attached hydrogen (secondary N) is 1. The Labute approximate surface area is 136 Å². The van der Waals surface area contributed by atoms with Gasteiger partial charge in [0.05, 0.1) is 18.8 Å². The van der Waals surface area contributed by atoms with E-state index in [4.69, 9.17) is 4.74 Å². The Morgan fingerprint density at radius 1 is 1.48 bits per heavy atom. The second-order valence-corrected chi connectivity index (χ2v) is 5.85. The Morgan fingerprint density at radius 2 is 2.30 bits per heavy atom.